The van der Waals surface area contributed by atoms with Gasteiger partial charge in [0.25, 0.3) is 0 Å². The predicted octanol–water partition coefficient (Wildman–Crippen LogP) is 2.09. The molecule has 0 amide bonds. The van der Waals surface area contributed by atoms with Gasteiger partial charge in [0.1, 0.15) is 0 Å². The Bertz CT molecular complexity index is 615. The molecule has 0 radical (unpaired) electrons. The lowest BCUT2D eigenvalue weighted by molar-refractivity contribution is 0.394. The summed E-state index contributed by atoms with van der Waals surface area (Å²) in [5.74, 6) is 0.526. The van der Waals surface area contributed by atoms with Crippen LogP contribution in [0.1, 0.15) is 37.2 Å². The van der Waals surface area contributed by atoms with Gasteiger partial charge in [0, 0.05) is 18.5 Å². The van der Waals surface area contributed by atoms with Crippen LogP contribution in [0.2, 0.25) is 0 Å². The van der Waals surface area contributed by atoms with E-state index in [4.69, 9.17) is 0 Å². The second-order valence-corrected chi connectivity index (χ2v) is 8.39. The zero-order chi connectivity index (χ0) is 13.1. The first-order valence-corrected chi connectivity index (χ1v) is 8.81. The van der Waals surface area contributed by atoms with Crippen LogP contribution in [0.3, 0.4) is 0 Å². The third kappa shape index (κ3) is 1.93. The van der Waals surface area contributed by atoms with E-state index in [-0.39, 0.29) is 11.3 Å². The topological polar surface area (TPSA) is 46.2 Å². The van der Waals surface area contributed by atoms with Crippen LogP contribution in [-0.2, 0) is 9.84 Å². The number of fused-ring (bicyclic) bond motifs is 1. The molecule has 1 N–H and O–H groups in total. The van der Waals surface area contributed by atoms with Crippen LogP contribution in [-0.4, -0.2) is 26.8 Å². The Labute approximate surface area is 114 Å². The Hall–Kier alpha value is -0.870. The first-order valence-electron chi connectivity index (χ1n) is 7.16. The van der Waals surface area contributed by atoms with Crippen molar-refractivity contribution >= 4 is 9.84 Å². The molecule has 0 spiro atoms. The average molecular weight is 277 g/mol. The molecule has 1 heterocycles. The highest BCUT2D eigenvalue weighted by Crippen LogP contribution is 2.59. The van der Waals surface area contributed by atoms with Crippen LogP contribution in [0, 0.1) is 5.41 Å². The van der Waals surface area contributed by atoms with E-state index in [0.717, 1.165) is 12.1 Å². The molecule has 0 bridgehead atoms. The van der Waals surface area contributed by atoms with Crippen molar-refractivity contribution in [3.63, 3.8) is 0 Å². The summed E-state index contributed by atoms with van der Waals surface area (Å²) in [4.78, 5) is 0.581. The van der Waals surface area contributed by atoms with Crippen LogP contribution in [0.4, 0.5) is 0 Å². The molecule has 1 unspecified atom stereocenters. The maximum atomic E-state index is 12.3. The predicted molar refractivity (Wildman–Crippen MR) is 73.9 cm³/mol. The molecule has 1 aromatic carbocycles. The van der Waals surface area contributed by atoms with Gasteiger partial charge in [-0.3, -0.25) is 0 Å². The zero-order valence-corrected chi connectivity index (χ0v) is 11.7. The largest absolute Gasteiger partial charge is 0.313 e. The van der Waals surface area contributed by atoms with Crippen molar-refractivity contribution in [2.45, 2.75) is 42.5 Å². The maximum Gasteiger partial charge on any atom is 0.179 e. The summed E-state index contributed by atoms with van der Waals surface area (Å²) in [5, 5.41) is 3.60. The van der Waals surface area contributed by atoms with Crippen molar-refractivity contribution < 1.29 is 8.42 Å². The van der Waals surface area contributed by atoms with E-state index >= 15 is 0 Å². The highest BCUT2D eigenvalue weighted by molar-refractivity contribution is 7.91. The quantitative estimate of drug-likeness (QED) is 0.916. The van der Waals surface area contributed by atoms with Crippen LogP contribution < -0.4 is 5.32 Å². The van der Waals surface area contributed by atoms with E-state index in [2.05, 4.69) is 5.32 Å². The van der Waals surface area contributed by atoms with E-state index in [9.17, 15) is 8.42 Å². The molecule has 3 aliphatic rings. The van der Waals surface area contributed by atoms with Crippen molar-refractivity contribution in [2.75, 3.05) is 12.3 Å². The Kier molecular flexibility index (Phi) is 2.40. The van der Waals surface area contributed by atoms with Crippen LogP contribution in [0.5, 0.6) is 0 Å². The number of hydrogen-bond acceptors (Lipinski definition) is 3. The van der Waals surface area contributed by atoms with Gasteiger partial charge >= 0.3 is 0 Å². The monoisotopic (exact) mass is 277 g/mol. The summed E-state index contributed by atoms with van der Waals surface area (Å²) in [6.07, 6.45) is 4.91. The number of hydrogen-bond donors (Lipinski definition) is 1. The minimum atomic E-state index is -3.05. The van der Waals surface area contributed by atoms with Crippen molar-refractivity contribution in [1.29, 1.82) is 0 Å². The van der Waals surface area contributed by atoms with Crippen molar-refractivity contribution in [2.24, 2.45) is 5.41 Å². The number of nitrogens with one attached hydrogen (secondary N) is 1. The highest BCUT2D eigenvalue weighted by Gasteiger charge is 2.54. The van der Waals surface area contributed by atoms with E-state index in [1.165, 1.54) is 25.7 Å². The first-order chi connectivity index (χ1) is 9.11. The molecule has 1 aliphatic heterocycles. The molecule has 0 aromatic heterocycles. The Morgan fingerprint density at radius 2 is 1.95 bits per heavy atom. The Balaban J connectivity index is 1.65. The molecule has 102 valence electrons. The molecule has 0 saturated heterocycles. The lowest BCUT2D eigenvalue weighted by Crippen LogP contribution is -2.31. The summed E-state index contributed by atoms with van der Waals surface area (Å²) in [5.41, 5.74) is 1.28. The van der Waals surface area contributed by atoms with E-state index in [1.807, 2.05) is 18.2 Å². The molecule has 2 fully saturated rings. The molecular weight excluding hydrogens is 258 g/mol. The van der Waals surface area contributed by atoms with Gasteiger partial charge in [-0.15, -0.1) is 0 Å². The van der Waals surface area contributed by atoms with Gasteiger partial charge in [-0.2, -0.15) is 0 Å². The summed E-state index contributed by atoms with van der Waals surface area (Å²) >= 11 is 0. The smallest absolute Gasteiger partial charge is 0.179 e. The van der Waals surface area contributed by atoms with Crippen molar-refractivity contribution in [3.05, 3.63) is 29.8 Å². The van der Waals surface area contributed by atoms with Crippen LogP contribution in [0.25, 0.3) is 0 Å². The third-order valence-corrected chi connectivity index (χ3v) is 6.78. The van der Waals surface area contributed by atoms with Gasteiger partial charge in [-0.1, -0.05) is 18.2 Å². The van der Waals surface area contributed by atoms with Gasteiger partial charge in [0.05, 0.1) is 10.6 Å². The molecule has 2 aliphatic carbocycles. The molecule has 3 nitrogen and oxygen atoms in total. The molecule has 4 heteroatoms. The molecule has 2 saturated carbocycles. The Morgan fingerprint density at radius 3 is 2.63 bits per heavy atom. The van der Waals surface area contributed by atoms with Gasteiger partial charge in [0.15, 0.2) is 9.84 Å². The van der Waals surface area contributed by atoms with Crippen molar-refractivity contribution in [1.82, 2.24) is 5.32 Å². The second kappa shape index (κ2) is 3.83. The number of sulfone groups is 1. The maximum absolute atomic E-state index is 12.3. The molecule has 4 rings (SSSR count). The molecule has 1 aromatic rings. The summed E-state index contributed by atoms with van der Waals surface area (Å²) in [6.45, 7) is 0.992. The third-order valence-electron chi connectivity index (χ3n) is 4.97. The van der Waals surface area contributed by atoms with Gasteiger partial charge in [-0.25, -0.2) is 8.42 Å². The summed E-state index contributed by atoms with van der Waals surface area (Å²) in [6, 6.07) is 8.29. The van der Waals surface area contributed by atoms with Gasteiger partial charge in [0.2, 0.25) is 0 Å². The minimum Gasteiger partial charge on any atom is -0.313 e. The van der Waals surface area contributed by atoms with Crippen molar-refractivity contribution in [3.8, 4) is 0 Å². The SMILES string of the molecule is O=S1(=O)CC(C2(CNC3CC3)CC2)c2ccccc21. The average Bonchev–Trinajstić information content (AvgIpc) is 3.29. The number of benzene rings is 1. The van der Waals surface area contributed by atoms with Crippen LogP contribution in [0.15, 0.2) is 29.2 Å². The van der Waals surface area contributed by atoms with Gasteiger partial charge in [-0.05, 0) is 42.7 Å². The Morgan fingerprint density at radius 1 is 1.21 bits per heavy atom. The fourth-order valence-electron chi connectivity index (χ4n) is 3.40. The standard InChI is InChI=1S/C15H19NO2S/c17-19(18)9-13(12-3-1-2-4-14(12)19)15(7-8-15)10-16-11-5-6-11/h1-4,11,13,16H,5-10H2. The zero-order valence-electron chi connectivity index (χ0n) is 10.9. The highest BCUT2D eigenvalue weighted by atomic mass is 32.2. The van der Waals surface area contributed by atoms with E-state index in [0.29, 0.717) is 16.7 Å². The molecule has 19 heavy (non-hydrogen) atoms. The van der Waals surface area contributed by atoms with E-state index in [1.54, 1.807) is 6.07 Å². The normalized spacial score (nSPS) is 30.0. The van der Waals surface area contributed by atoms with Gasteiger partial charge < -0.3 is 5.32 Å². The second-order valence-electron chi connectivity index (χ2n) is 6.39. The lowest BCUT2D eigenvalue weighted by atomic mass is 9.84. The molecule has 1 atom stereocenters. The molecular formula is C15H19NO2S. The summed E-state index contributed by atoms with van der Waals surface area (Å²) < 4.78 is 24.5. The fraction of sp³-hybridized carbons (Fsp3) is 0.600. The van der Waals surface area contributed by atoms with Crippen LogP contribution >= 0.6 is 0 Å². The van der Waals surface area contributed by atoms with E-state index < -0.39 is 9.84 Å². The summed E-state index contributed by atoms with van der Waals surface area (Å²) in [7, 11) is -3.05. The number of rotatable bonds is 4. The first kappa shape index (κ1) is 11.9. The lowest BCUT2D eigenvalue weighted by Gasteiger charge is -2.23. The fourth-order valence-corrected chi connectivity index (χ4v) is 5.41. The minimum absolute atomic E-state index is 0.208.